The average Bonchev–Trinajstić information content (AvgIpc) is 3.17. The summed E-state index contributed by atoms with van der Waals surface area (Å²) in [6.07, 6.45) is -0.151. The molecular weight excluding hydrogens is 651 g/mol. The molecule has 0 aromatic carbocycles. The van der Waals surface area contributed by atoms with Gasteiger partial charge in [-0.25, -0.2) is 11.8 Å². The van der Waals surface area contributed by atoms with Crippen LogP contribution in [0.5, 0.6) is 0 Å². The molecule has 0 saturated carbocycles. The van der Waals surface area contributed by atoms with Gasteiger partial charge in [0, 0.05) is 178 Å². The Hall–Kier alpha value is -11.3. The Morgan fingerprint density at radius 2 is 0.358 bits per heavy atom. The fourth-order valence-corrected chi connectivity index (χ4v) is 1.52. The van der Waals surface area contributed by atoms with Crippen molar-refractivity contribution in [1.82, 2.24) is 0 Å². The lowest BCUT2D eigenvalue weighted by Crippen LogP contribution is -1.66. The van der Waals surface area contributed by atoms with E-state index in [1.54, 1.807) is 0 Å². The van der Waals surface area contributed by atoms with Gasteiger partial charge in [0.1, 0.15) is 1.37 Å². The van der Waals surface area contributed by atoms with Gasteiger partial charge in [-0.05, 0) is 94.7 Å². The largest absolute Gasteiger partial charge is 0.279 e. The first-order chi connectivity index (χ1) is 26.8. The van der Waals surface area contributed by atoms with Crippen LogP contribution in [0.4, 0.5) is 8.78 Å². The molecule has 0 unspecified atom stereocenters. The standard InChI is InChI=1S/C51HF2/c1-2-3-4-5-6-7-8-9-10-11-12-13-14-15-16-17-18-19-20-21-22-23-24-25-26-27-28-29-30-31-32-33-34-35-36-37-38-39-40-41-42-43-44-45-46-47-48-49-50-51(52)53/h1H/q-1/i1D. The van der Waals surface area contributed by atoms with Gasteiger partial charge in [-0.15, -0.1) is 12.3 Å². The third-order valence-electron chi connectivity index (χ3n) is 3.09. The van der Waals surface area contributed by atoms with Crippen molar-refractivity contribution in [2.24, 2.45) is 0 Å². The first kappa shape index (κ1) is 39.8. The minimum atomic E-state index is -2.02. The van der Waals surface area contributed by atoms with Crippen LogP contribution in [0.2, 0.25) is 0 Å². The molecular formula is C51HF2-. The van der Waals surface area contributed by atoms with Gasteiger partial charge in [-0.2, -0.15) is 0 Å². The normalized spacial score (nSPS) is 4.30. The van der Waals surface area contributed by atoms with Crippen LogP contribution >= 0.6 is 0 Å². The molecule has 0 rings (SSSR count). The summed E-state index contributed by atoms with van der Waals surface area (Å²) in [6.45, 7) is 0. The Labute approximate surface area is 312 Å². The minimum absolute atomic E-state index is 1.49. The Kier molecular flexibility index (Phi) is 29.1. The minimum Gasteiger partial charge on any atom is -0.279 e. The molecule has 0 amide bonds. The van der Waals surface area contributed by atoms with E-state index in [4.69, 9.17) is 1.37 Å². The van der Waals surface area contributed by atoms with Crippen LogP contribution < -0.4 is 0 Å². The summed E-state index contributed by atoms with van der Waals surface area (Å²) < 4.78 is 29.9. The van der Waals surface area contributed by atoms with E-state index in [1.165, 1.54) is 5.92 Å². The van der Waals surface area contributed by atoms with Gasteiger partial charge >= 0.3 is 0 Å². The molecule has 0 spiro atoms. The molecule has 0 atom stereocenters. The van der Waals surface area contributed by atoms with Crippen molar-refractivity contribution in [3.8, 4) is 297 Å². The fraction of sp³-hybridized carbons (Fsp3) is 0. The second-order valence-electron chi connectivity index (χ2n) is 6.39. The molecule has 0 saturated heterocycles. The molecule has 0 N–H and O–H groups in total. The maximum atomic E-state index is 11.7. The highest BCUT2D eigenvalue weighted by molar-refractivity contribution is 5.51. The van der Waals surface area contributed by atoms with Crippen LogP contribution in [0.3, 0.4) is 0 Å². The Morgan fingerprint density at radius 3 is 0.491 bits per heavy atom. The molecule has 0 aliphatic rings. The van der Waals surface area contributed by atoms with Crippen LogP contribution in [0.15, 0.2) is 0 Å². The maximum Gasteiger partial charge on any atom is 0.154 e. The number of halogens is 2. The molecule has 0 radical (unpaired) electrons. The molecule has 220 valence electrons. The number of hydrogen-bond donors (Lipinski definition) is 0. The Balaban J connectivity index is 4.57. The van der Waals surface area contributed by atoms with Crippen molar-refractivity contribution >= 4 is 0 Å². The van der Waals surface area contributed by atoms with E-state index >= 15 is 0 Å². The van der Waals surface area contributed by atoms with Crippen LogP contribution in [0.1, 0.15) is 1.37 Å². The predicted octanol–water partition coefficient (Wildman–Crippen LogP) is 1.13. The molecule has 0 aliphatic carbocycles. The zero-order valence-electron chi connectivity index (χ0n) is 27.3. The van der Waals surface area contributed by atoms with Crippen LogP contribution in [-0.2, 0) is 0 Å². The Morgan fingerprint density at radius 1 is 0.226 bits per heavy atom. The first-order valence-electron chi connectivity index (χ1n) is 13.4. The number of hydrogen-bond acceptors (Lipinski definition) is 0. The lowest BCUT2D eigenvalue weighted by Gasteiger charge is -1.87. The van der Waals surface area contributed by atoms with Crippen molar-refractivity contribution in [2.45, 2.75) is 0 Å². The molecule has 0 bridgehead atoms. The van der Waals surface area contributed by atoms with E-state index in [2.05, 4.69) is 278 Å². The van der Waals surface area contributed by atoms with Gasteiger partial charge in [0.2, 0.25) is 0 Å². The van der Waals surface area contributed by atoms with Gasteiger partial charge in [-0.1, -0.05) is 0 Å². The van der Waals surface area contributed by atoms with Gasteiger partial charge in [0.05, 0.1) is 0 Å². The van der Waals surface area contributed by atoms with E-state index in [1.807, 2.05) is 12.3 Å². The first-order valence-corrected chi connectivity index (χ1v) is 12.9. The van der Waals surface area contributed by atoms with E-state index in [9.17, 15) is 8.78 Å². The lowest BCUT2D eigenvalue weighted by atomic mass is 10.4. The summed E-state index contributed by atoms with van der Waals surface area (Å²) in [7, 11) is 0. The van der Waals surface area contributed by atoms with Gasteiger partial charge in [0.15, 0.2) is 6.43 Å². The quantitative estimate of drug-likeness (QED) is 0.272. The molecule has 0 aromatic rings. The summed E-state index contributed by atoms with van der Waals surface area (Å²) in [6, 6.07) is 0. The fourth-order valence-electron chi connectivity index (χ4n) is 1.52. The van der Waals surface area contributed by atoms with Gasteiger partial charge < -0.3 is 0 Å². The molecule has 0 aliphatic heterocycles. The highest BCUT2D eigenvalue weighted by Crippen LogP contribution is 1.96. The third kappa shape index (κ3) is 40.7. The smallest absolute Gasteiger partial charge is 0.154 e. The average molecular weight is 653 g/mol. The SMILES string of the molecule is [2H]C#CC#CC#CC#CC#CC#CC#CC#CC#CC#CC#CC#CC#CC#CC#CC#CC#CC#CC#CC#CC#CC#CC#CC#CC#C[C-](F)F. The molecule has 0 heterocycles. The highest BCUT2D eigenvalue weighted by Gasteiger charge is 1.74. The van der Waals surface area contributed by atoms with Crippen LogP contribution in [0, 0.1) is 303 Å². The Bertz CT molecular complexity index is 3230. The monoisotopic (exact) mass is 652 g/mol. The van der Waals surface area contributed by atoms with E-state index in [0.29, 0.717) is 0 Å². The second kappa shape index (κ2) is 38.8. The van der Waals surface area contributed by atoms with E-state index in [0.717, 1.165) is 0 Å². The summed E-state index contributed by atoms with van der Waals surface area (Å²) in [5.74, 6) is 118. The van der Waals surface area contributed by atoms with Crippen molar-refractivity contribution in [1.29, 1.82) is 0 Å². The number of terminal acetylenes is 1. The summed E-state index contributed by atoms with van der Waals surface area (Å²) in [5, 5.41) is 0. The number of rotatable bonds is 0. The topological polar surface area (TPSA) is 0 Å². The predicted molar refractivity (Wildman–Crippen MR) is 201 cm³/mol. The highest BCUT2D eigenvalue weighted by atomic mass is 19.3. The molecule has 0 nitrogen and oxygen atoms in total. The molecule has 2 heteroatoms. The van der Waals surface area contributed by atoms with Crippen molar-refractivity contribution < 1.29 is 10.2 Å². The second-order valence-corrected chi connectivity index (χ2v) is 6.39. The van der Waals surface area contributed by atoms with E-state index in [-0.39, 0.29) is 0 Å². The summed E-state index contributed by atoms with van der Waals surface area (Å²) >= 11 is 0. The zero-order chi connectivity index (χ0) is 38.9. The van der Waals surface area contributed by atoms with Crippen molar-refractivity contribution in [3.05, 3.63) is 6.43 Å². The summed E-state index contributed by atoms with van der Waals surface area (Å²) in [5.41, 5.74) is 0. The van der Waals surface area contributed by atoms with Gasteiger partial charge in [0.25, 0.3) is 0 Å². The molecule has 0 fully saturated rings. The van der Waals surface area contributed by atoms with Crippen LogP contribution in [0.25, 0.3) is 0 Å². The van der Waals surface area contributed by atoms with Gasteiger partial charge in [-0.3, -0.25) is 8.78 Å². The van der Waals surface area contributed by atoms with Crippen molar-refractivity contribution in [3.63, 3.8) is 0 Å². The molecule has 53 heavy (non-hydrogen) atoms. The van der Waals surface area contributed by atoms with Crippen LogP contribution in [-0.4, -0.2) is 0 Å². The van der Waals surface area contributed by atoms with E-state index < -0.39 is 6.43 Å². The maximum absolute atomic E-state index is 11.7. The molecule has 0 aromatic heterocycles. The summed E-state index contributed by atoms with van der Waals surface area (Å²) in [4.78, 5) is 0. The van der Waals surface area contributed by atoms with Crippen molar-refractivity contribution in [2.75, 3.05) is 0 Å². The third-order valence-corrected chi connectivity index (χ3v) is 3.09. The lowest BCUT2D eigenvalue weighted by molar-refractivity contribution is 0.343. The zero-order valence-corrected chi connectivity index (χ0v) is 26.3.